The fourth-order valence-corrected chi connectivity index (χ4v) is 3.17. The van der Waals surface area contributed by atoms with Crippen molar-refractivity contribution >= 4 is 40.6 Å². The Morgan fingerprint density at radius 2 is 1.70 bits per heavy atom. The summed E-state index contributed by atoms with van der Waals surface area (Å²) in [5.41, 5.74) is 0.216. The lowest BCUT2D eigenvalue weighted by Gasteiger charge is -2.36. The van der Waals surface area contributed by atoms with Crippen molar-refractivity contribution in [3.05, 3.63) is 58.1 Å². The number of carbonyl (C=O) groups excluding carboxylic acids is 1. The number of urea groups is 1. The highest BCUT2D eigenvalue weighted by molar-refractivity contribution is 6.35. The Labute approximate surface area is 164 Å². The van der Waals surface area contributed by atoms with Crippen LogP contribution < -0.4 is 10.2 Å². The van der Waals surface area contributed by atoms with Crippen LogP contribution in [0.25, 0.3) is 0 Å². The summed E-state index contributed by atoms with van der Waals surface area (Å²) in [5.74, 6) is 0. The minimum Gasteiger partial charge on any atom is -0.368 e. The molecule has 2 aromatic rings. The van der Waals surface area contributed by atoms with Crippen LogP contribution in [0.3, 0.4) is 0 Å². The van der Waals surface area contributed by atoms with Gasteiger partial charge in [-0.15, -0.1) is 0 Å². The van der Waals surface area contributed by atoms with Gasteiger partial charge >= 0.3 is 12.2 Å². The number of alkyl halides is 3. The lowest BCUT2D eigenvalue weighted by molar-refractivity contribution is -0.137. The fraction of sp³-hybridized carbons (Fsp3) is 0.278. The Balaban J connectivity index is 1.62. The molecular formula is C18H16Cl2F3N3O. The molecule has 1 aliphatic rings. The molecule has 1 heterocycles. The van der Waals surface area contributed by atoms with Crippen molar-refractivity contribution in [1.29, 1.82) is 0 Å². The summed E-state index contributed by atoms with van der Waals surface area (Å²) in [7, 11) is 0. The summed E-state index contributed by atoms with van der Waals surface area (Å²) in [6.45, 7) is 1.61. The van der Waals surface area contributed by atoms with Crippen LogP contribution in [-0.2, 0) is 6.18 Å². The third kappa shape index (κ3) is 4.78. The van der Waals surface area contributed by atoms with Crippen LogP contribution in [0.2, 0.25) is 10.0 Å². The van der Waals surface area contributed by atoms with Gasteiger partial charge in [0.2, 0.25) is 0 Å². The molecule has 2 aromatic carbocycles. The molecule has 27 heavy (non-hydrogen) atoms. The van der Waals surface area contributed by atoms with E-state index in [1.807, 2.05) is 4.90 Å². The molecule has 1 fully saturated rings. The summed E-state index contributed by atoms with van der Waals surface area (Å²) in [4.78, 5) is 15.8. The molecule has 0 aromatic heterocycles. The summed E-state index contributed by atoms with van der Waals surface area (Å²) in [6, 6.07) is 9.63. The monoisotopic (exact) mass is 417 g/mol. The zero-order valence-corrected chi connectivity index (χ0v) is 15.6. The van der Waals surface area contributed by atoms with Gasteiger partial charge < -0.3 is 15.1 Å². The van der Waals surface area contributed by atoms with Crippen LogP contribution in [-0.4, -0.2) is 37.1 Å². The Morgan fingerprint density at radius 3 is 2.37 bits per heavy atom. The predicted molar refractivity (Wildman–Crippen MR) is 101 cm³/mol. The molecular weight excluding hydrogens is 402 g/mol. The van der Waals surface area contributed by atoms with Crippen molar-refractivity contribution in [3.8, 4) is 0 Å². The van der Waals surface area contributed by atoms with E-state index in [9.17, 15) is 18.0 Å². The molecule has 0 radical (unpaired) electrons. The zero-order chi connectivity index (χ0) is 19.6. The van der Waals surface area contributed by atoms with Gasteiger partial charge in [0, 0.05) is 36.9 Å². The summed E-state index contributed by atoms with van der Waals surface area (Å²) >= 11 is 11.9. The quantitative estimate of drug-likeness (QED) is 0.712. The Bertz CT molecular complexity index is 837. The number of nitrogens with one attached hydrogen (secondary N) is 1. The van der Waals surface area contributed by atoms with Crippen LogP contribution >= 0.6 is 23.2 Å². The maximum absolute atomic E-state index is 12.9. The molecule has 1 saturated heterocycles. The van der Waals surface area contributed by atoms with Gasteiger partial charge in [-0.05, 0) is 36.4 Å². The third-order valence-corrected chi connectivity index (χ3v) is 4.84. The van der Waals surface area contributed by atoms with E-state index in [0.29, 0.717) is 47.6 Å². The molecule has 144 valence electrons. The first-order chi connectivity index (χ1) is 12.7. The Morgan fingerprint density at radius 1 is 1.00 bits per heavy atom. The molecule has 2 amide bonds. The van der Waals surface area contributed by atoms with Gasteiger partial charge in [0.05, 0.1) is 16.3 Å². The number of piperazine rings is 1. The second-order valence-corrected chi connectivity index (χ2v) is 6.92. The van der Waals surface area contributed by atoms with Gasteiger partial charge in [0.25, 0.3) is 0 Å². The number of anilines is 2. The first kappa shape index (κ1) is 19.6. The number of rotatable bonds is 2. The summed E-state index contributed by atoms with van der Waals surface area (Å²) in [6.07, 6.45) is -4.38. The first-order valence-electron chi connectivity index (χ1n) is 8.17. The van der Waals surface area contributed by atoms with Crippen LogP contribution in [0.1, 0.15) is 5.56 Å². The van der Waals surface area contributed by atoms with E-state index in [1.165, 1.54) is 6.07 Å². The number of halogens is 5. The molecule has 0 spiro atoms. The number of benzene rings is 2. The van der Waals surface area contributed by atoms with Gasteiger partial charge in [0.1, 0.15) is 0 Å². The van der Waals surface area contributed by atoms with Gasteiger partial charge in [-0.1, -0.05) is 29.3 Å². The fourth-order valence-electron chi connectivity index (χ4n) is 2.83. The van der Waals surface area contributed by atoms with Crippen molar-refractivity contribution in [2.75, 3.05) is 36.4 Å². The lowest BCUT2D eigenvalue weighted by Crippen LogP contribution is -2.50. The highest BCUT2D eigenvalue weighted by Gasteiger charge is 2.31. The minimum atomic E-state index is -4.38. The maximum Gasteiger partial charge on any atom is 0.416 e. The smallest absolute Gasteiger partial charge is 0.368 e. The average molecular weight is 418 g/mol. The molecule has 0 aliphatic carbocycles. The number of amides is 2. The summed E-state index contributed by atoms with van der Waals surface area (Å²) < 4.78 is 38.6. The van der Waals surface area contributed by atoms with E-state index < -0.39 is 11.7 Å². The molecule has 0 bridgehead atoms. The Kier molecular flexibility index (Phi) is 5.72. The van der Waals surface area contributed by atoms with Crippen molar-refractivity contribution < 1.29 is 18.0 Å². The first-order valence-corrected chi connectivity index (χ1v) is 8.93. The number of hydrogen-bond acceptors (Lipinski definition) is 2. The molecule has 4 nitrogen and oxygen atoms in total. The lowest BCUT2D eigenvalue weighted by atomic mass is 10.1. The van der Waals surface area contributed by atoms with E-state index in [0.717, 1.165) is 12.1 Å². The van der Waals surface area contributed by atoms with E-state index in [4.69, 9.17) is 23.2 Å². The molecule has 3 rings (SSSR count). The number of hydrogen-bond donors (Lipinski definition) is 1. The maximum atomic E-state index is 12.9. The Hall–Kier alpha value is -2.12. The molecule has 0 atom stereocenters. The highest BCUT2D eigenvalue weighted by Crippen LogP contribution is 2.32. The van der Waals surface area contributed by atoms with Gasteiger partial charge in [-0.25, -0.2) is 4.79 Å². The topological polar surface area (TPSA) is 35.6 Å². The highest BCUT2D eigenvalue weighted by atomic mass is 35.5. The van der Waals surface area contributed by atoms with Gasteiger partial charge in [-0.2, -0.15) is 13.2 Å². The van der Waals surface area contributed by atoms with E-state index in [-0.39, 0.29) is 6.03 Å². The van der Waals surface area contributed by atoms with Crippen LogP contribution in [0.5, 0.6) is 0 Å². The second-order valence-electron chi connectivity index (χ2n) is 6.08. The normalized spacial score (nSPS) is 15.0. The molecule has 1 aliphatic heterocycles. The zero-order valence-electron chi connectivity index (χ0n) is 14.1. The van der Waals surface area contributed by atoms with Crippen molar-refractivity contribution in [3.63, 3.8) is 0 Å². The van der Waals surface area contributed by atoms with E-state index in [2.05, 4.69) is 5.32 Å². The summed E-state index contributed by atoms with van der Waals surface area (Å²) in [5, 5.41) is 3.53. The van der Waals surface area contributed by atoms with E-state index in [1.54, 1.807) is 29.2 Å². The van der Waals surface area contributed by atoms with Crippen molar-refractivity contribution in [1.82, 2.24) is 4.90 Å². The molecule has 0 saturated carbocycles. The number of nitrogens with zero attached hydrogens (tertiary/aromatic N) is 2. The molecule has 9 heteroatoms. The van der Waals surface area contributed by atoms with Crippen LogP contribution in [0.15, 0.2) is 42.5 Å². The van der Waals surface area contributed by atoms with Crippen LogP contribution in [0.4, 0.5) is 29.3 Å². The number of carbonyl (C=O) groups is 1. The van der Waals surface area contributed by atoms with Gasteiger partial charge in [0.15, 0.2) is 0 Å². The SMILES string of the molecule is O=C(Nc1cc(Cl)ccc1Cl)N1CCN(c2cccc(C(F)(F)F)c2)CC1. The standard InChI is InChI=1S/C18H16Cl2F3N3O/c19-13-4-5-15(20)16(11-13)24-17(27)26-8-6-25(7-9-26)14-3-1-2-12(10-14)18(21,22)23/h1-5,10-11H,6-9H2,(H,24,27). The third-order valence-electron chi connectivity index (χ3n) is 4.28. The van der Waals surface area contributed by atoms with Crippen molar-refractivity contribution in [2.24, 2.45) is 0 Å². The van der Waals surface area contributed by atoms with Crippen LogP contribution in [0, 0.1) is 0 Å². The molecule has 1 N–H and O–H groups in total. The van der Waals surface area contributed by atoms with Gasteiger partial charge in [-0.3, -0.25) is 0 Å². The minimum absolute atomic E-state index is 0.331. The second kappa shape index (κ2) is 7.86. The predicted octanol–water partition coefficient (Wildman–Crippen LogP) is 5.37. The largest absolute Gasteiger partial charge is 0.416 e. The van der Waals surface area contributed by atoms with E-state index >= 15 is 0 Å². The molecule has 0 unspecified atom stereocenters. The average Bonchev–Trinajstić information content (AvgIpc) is 2.64. The van der Waals surface area contributed by atoms with Crippen molar-refractivity contribution in [2.45, 2.75) is 6.18 Å².